The smallest absolute Gasteiger partial charge is 0.310 e. The molecule has 0 bridgehead atoms. The Morgan fingerprint density at radius 1 is 1.04 bits per heavy atom. The lowest BCUT2D eigenvalue weighted by molar-refractivity contribution is -0.146. The molecule has 0 atom stereocenters. The number of benzene rings is 2. The Kier molecular flexibility index (Phi) is 6.09. The van der Waals surface area contributed by atoms with Gasteiger partial charge in [0.25, 0.3) is 5.91 Å². The minimum absolute atomic E-state index is 0.0501. The predicted molar refractivity (Wildman–Crippen MR) is 91.2 cm³/mol. The molecule has 24 heavy (non-hydrogen) atoms. The zero-order valence-corrected chi connectivity index (χ0v) is 13.8. The third-order valence-electron chi connectivity index (χ3n) is 3.21. The lowest BCUT2D eigenvalue weighted by atomic mass is 10.1. The Morgan fingerprint density at radius 2 is 1.71 bits per heavy atom. The molecular weight excluding hydrogens is 330 g/mol. The van der Waals surface area contributed by atoms with E-state index in [2.05, 4.69) is 5.32 Å². The van der Waals surface area contributed by atoms with Crippen LogP contribution in [0.25, 0.3) is 0 Å². The third kappa shape index (κ3) is 5.21. The van der Waals surface area contributed by atoms with Gasteiger partial charge in [-0.25, -0.2) is 0 Å². The molecule has 2 rings (SSSR count). The summed E-state index contributed by atoms with van der Waals surface area (Å²) in [7, 11) is 0. The van der Waals surface area contributed by atoms with Crippen molar-refractivity contribution < 1.29 is 19.1 Å². The van der Waals surface area contributed by atoms with Crippen LogP contribution in [0, 0.1) is 0 Å². The first-order valence-electron chi connectivity index (χ1n) is 7.25. The van der Waals surface area contributed by atoms with Crippen molar-refractivity contribution in [1.82, 2.24) is 0 Å². The number of carbonyl (C=O) groups excluding carboxylic acids is 3. The number of hydrogen-bond donors (Lipinski definition) is 1. The summed E-state index contributed by atoms with van der Waals surface area (Å²) in [6.07, 6.45) is 0.0501. The fourth-order valence-corrected chi connectivity index (χ4v) is 2.18. The van der Waals surface area contributed by atoms with E-state index in [1.165, 1.54) is 6.92 Å². The van der Waals surface area contributed by atoms with Gasteiger partial charge in [0.05, 0.1) is 12.1 Å². The van der Waals surface area contributed by atoms with Crippen molar-refractivity contribution in [2.75, 3.05) is 11.9 Å². The summed E-state index contributed by atoms with van der Waals surface area (Å²) in [4.78, 5) is 35.1. The number of amides is 1. The molecule has 0 aromatic heterocycles. The summed E-state index contributed by atoms with van der Waals surface area (Å²) in [5.74, 6) is -1.19. The van der Waals surface area contributed by atoms with Gasteiger partial charge in [0.1, 0.15) is 0 Å². The van der Waals surface area contributed by atoms with Crippen molar-refractivity contribution in [3.05, 3.63) is 64.7 Å². The van der Waals surface area contributed by atoms with E-state index in [0.717, 1.165) is 5.56 Å². The minimum atomic E-state index is -0.521. The Bertz CT molecular complexity index is 756. The first kappa shape index (κ1) is 17.7. The highest BCUT2D eigenvalue weighted by Crippen LogP contribution is 2.15. The van der Waals surface area contributed by atoms with Gasteiger partial charge in [-0.05, 0) is 36.8 Å². The van der Waals surface area contributed by atoms with Crippen LogP contribution in [0.2, 0.25) is 5.02 Å². The highest BCUT2D eigenvalue weighted by atomic mass is 35.5. The van der Waals surface area contributed by atoms with E-state index in [1.54, 1.807) is 48.5 Å². The highest BCUT2D eigenvalue weighted by Gasteiger charge is 2.12. The maximum atomic E-state index is 11.9. The molecule has 0 radical (unpaired) electrons. The monoisotopic (exact) mass is 345 g/mol. The maximum Gasteiger partial charge on any atom is 0.310 e. The summed E-state index contributed by atoms with van der Waals surface area (Å²) in [6.45, 7) is 0.996. The van der Waals surface area contributed by atoms with E-state index in [9.17, 15) is 14.4 Å². The largest absolute Gasteiger partial charge is 0.455 e. The molecule has 5 nitrogen and oxygen atoms in total. The first-order chi connectivity index (χ1) is 11.5. The van der Waals surface area contributed by atoms with Crippen molar-refractivity contribution >= 4 is 34.9 Å². The van der Waals surface area contributed by atoms with Crippen LogP contribution < -0.4 is 5.32 Å². The van der Waals surface area contributed by atoms with Crippen molar-refractivity contribution in [1.29, 1.82) is 0 Å². The van der Waals surface area contributed by atoms with E-state index in [-0.39, 0.29) is 12.2 Å². The fraction of sp³-hybridized carbons (Fsp3) is 0.167. The molecule has 0 saturated carbocycles. The van der Waals surface area contributed by atoms with Gasteiger partial charge in [0.2, 0.25) is 0 Å². The highest BCUT2D eigenvalue weighted by molar-refractivity contribution is 6.30. The van der Waals surface area contributed by atoms with Gasteiger partial charge >= 0.3 is 5.97 Å². The molecule has 6 heteroatoms. The standard InChI is InChI=1S/C18H16ClNO4/c1-12(21)15-4-2-3-5-16(15)20-17(22)11-24-18(23)10-13-6-8-14(19)9-7-13/h2-9H,10-11H2,1H3,(H,20,22). The van der Waals surface area contributed by atoms with Crippen molar-refractivity contribution in [3.8, 4) is 0 Å². The average molecular weight is 346 g/mol. The van der Waals surface area contributed by atoms with Gasteiger partial charge < -0.3 is 10.1 Å². The van der Waals surface area contributed by atoms with Crippen LogP contribution >= 0.6 is 11.6 Å². The van der Waals surface area contributed by atoms with Gasteiger partial charge in [0, 0.05) is 10.6 Å². The Hall–Kier alpha value is -2.66. The molecule has 0 heterocycles. The molecule has 0 aliphatic rings. The average Bonchev–Trinajstić information content (AvgIpc) is 2.55. The molecule has 0 aliphatic heterocycles. The SMILES string of the molecule is CC(=O)c1ccccc1NC(=O)COC(=O)Cc1ccc(Cl)cc1. The second-order valence-electron chi connectivity index (χ2n) is 5.11. The van der Waals surface area contributed by atoms with E-state index in [0.29, 0.717) is 16.3 Å². The third-order valence-corrected chi connectivity index (χ3v) is 3.46. The van der Waals surface area contributed by atoms with Crippen LogP contribution in [0.4, 0.5) is 5.69 Å². The van der Waals surface area contributed by atoms with Crippen LogP contribution in [-0.4, -0.2) is 24.3 Å². The molecule has 1 N–H and O–H groups in total. The van der Waals surface area contributed by atoms with Crippen LogP contribution in [0.5, 0.6) is 0 Å². The number of anilines is 1. The quantitative estimate of drug-likeness (QED) is 0.644. The molecule has 0 unspecified atom stereocenters. The van der Waals surface area contributed by atoms with Crippen LogP contribution in [0.15, 0.2) is 48.5 Å². The number of esters is 1. The normalized spacial score (nSPS) is 10.1. The number of rotatable bonds is 6. The van der Waals surface area contributed by atoms with E-state index < -0.39 is 18.5 Å². The van der Waals surface area contributed by atoms with Gasteiger partial charge in [-0.1, -0.05) is 35.9 Å². The van der Waals surface area contributed by atoms with Gasteiger partial charge in [0.15, 0.2) is 12.4 Å². The number of hydrogen-bond acceptors (Lipinski definition) is 4. The molecule has 0 fully saturated rings. The molecule has 2 aromatic rings. The number of nitrogens with one attached hydrogen (secondary N) is 1. The van der Waals surface area contributed by atoms with E-state index in [1.807, 2.05) is 0 Å². The molecule has 2 aromatic carbocycles. The first-order valence-corrected chi connectivity index (χ1v) is 7.63. The van der Waals surface area contributed by atoms with Gasteiger partial charge in [-0.15, -0.1) is 0 Å². The van der Waals surface area contributed by atoms with E-state index in [4.69, 9.17) is 16.3 Å². The zero-order valence-electron chi connectivity index (χ0n) is 13.0. The number of carbonyl (C=O) groups is 3. The van der Waals surface area contributed by atoms with Crippen LogP contribution in [0.1, 0.15) is 22.8 Å². The van der Waals surface area contributed by atoms with Crippen molar-refractivity contribution in [2.45, 2.75) is 13.3 Å². The topological polar surface area (TPSA) is 72.5 Å². The Labute approximate surface area is 144 Å². The number of ketones is 1. The van der Waals surface area contributed by atoms with Crippen LogP contribution in [-0.2, 0) is 20.7 Å². The second-order valence-corrected chi connectivity index (χ2v) is 5.55. The molecular formula is C18H16ClNO4. The number of Topliss-reactive ketones (excluding diaryl/α,β-unsaturated/α-hetero) is 1. The predicted octanol–water partition coefficient (Wildman–Crippen LogP) is 3.27. The molecule has 0 aliphatic carbocycles. The minimum Gasteiger partial charge on any atom is -0.455 e. The maximum absolute atomic E-state index is 11.9. The van der Waals surface area contributed by atoms with Crippen LogP contribution in [0.3, 0.4) is 0 Å². The molecule has 0 spiro atoms. The summed E-state index contributed by atoms with van der Waals surface area (Å²) >= 11 is 5.77. The Balaban J connectivity index is 1.86. The number of halogens is 1. The second kappa shape index (κ2) is 8.26. The fourth-order valence-electron chi connectivity index (χ4n) is 2.05. The zero-order chi connectivity index (χ0) is 17.5. The molecule has 124 valence electrons. The molecule has 1 amide bonds. The lowest BCUT2D eigenvalue weighted by Gasteiger charge is -2.09. The van der Waals surface area contributed by atoms with E-state index >= 15 is 0 Å². The van der Waals surface area contributed by atoms with Crippen molar-refractivity contribution in [3.63, 3.8) is 0 Å². The van der Waals surface area contributed by atoms with Gasteiger partial charge in [-0.3, -0.25) is 14.4 Å². The molecule has 0 saturated heterocycles. The number of ether oxygens (including phenoxy) is 1. The summed E-state index contributed by atoms with van der Waals surface area (Å²) in [5.41, 5.74) is 1.54. The summed E-state index contributed by atoms with van der Waals surface area (Å²) < 4.78 is 4.94. The number of para-hydroxylation sites is 1. The van der Waals surface area contributed by atoms with Crippen molar-refractivity contribution in [2.24, 2.45) is 0 Å². The summed E-state index contributed by atoms with van der Waals surface area (Å²) in [6, 6.07) is 13.4. The van der Waals surface area contributed by atoms with Gasteiger partial charge in [-0.2, -0.15) is 0 Å². The summed E-state index contributed by atoms with van der Waals surface area (Å²) in [5, 5.41) is 3.14. The lowest BCUT2D eigenvalue weighted by Crippen LogP contribution is -2.22. The Morgan fingerprint density at radius 3 is 2.38 bits per heavy atom.